The third-order valence-electron chi connectivity index (χ3n) is 5.29. The number of hydrogen-bond donors (Lipinski definition) is 2. The topological polar surface area (TPSA) is 86.7 Å². The maximum absolute atomic E-state index is 9.17. The molecule has 0 radical (unpaired) electrons. The summed E-state index contributed by atoms with van der Waals surface area (Å²) < 4.78 is 8.18. The van der Waals surface area contributed by atoms with Crippen molar-refractivity contribution in [2.75, 3.05) is 5.32 Å². The van der Waals surface area contributed by atoms with Crippen molar-refractivity contribution < 1.29 is 4.74 Å². The third-order valence-corrected chi connectivity index (χ3v) is 5.29. The molecule has 0 aliphatic heterocycles. The minimum atomic E-state index is -0.0396. The first kappa shape index (κ1) is 18.8. The summed E-state index contributed by atoms with van der Waals surface area (Å²) in [5.41, 5.74) is 6.50. The summed E-state index contributed by atoms with van der Waals surface area (Å²) in [6.45, 7) is 2.00. The van der Waals surface area contributed by atoms with E-state index in [4.69, 9.17) is 15.4 Å². The highest BCUT2D eigenvalue weighted by Crippen LogP contribution is 2.37. The lowest BCUT2D eigenvalue weighted by Crippen LogP contribution is -2.16. The van der Waals surface area contributed by atoms with E-state index in [1.165, 1.54) is 11.8 Å². The molecule has 0 saturated heterocycles. The molecule has 0 bridgehead atoms. The molecular formula is C23H23N5O. The van der Waals surface area contributed by atoms with E-state index in [9.17, 15) is 0 Å². The molecular weight excluding hydrogens is 362 g/mol. The van der Waals surface area contributed by atoms with Crippen molar-refractivity contribution >= 4 is 17.6 Å². The molecule has 1 aliphatic carbocycles. The minimum absolute atomic E-state index is 0.0396. The van der Waals surface area contributed by atoms with Gasteiger partial charge in [0.15, 0.2) is 0 Å². The van der Waals surface area contributed by atoms with E-state index in [1.807, 2.05) is 50.5 Å². The largest absolute Gasteiger partial charge is 0.485 e. The molecule has 2 aromatic carbocycles. The molecule has 146 valence electrons. The van der Waals surface area contributed by atoms with Crippen LogP contribution in [0.25, 0.3) is 0 Å². The highest BCUT2D eigenvalue weighted by atomic mass is 16.5. The summed E-state index contributed by atoms with van der Waals surface area (Å²) in [6.07, 6.45) is 7.89. The molecule has 0 unspecified atom stereocenters. The summed E-state index contributed by atoms with van der Waals surface area (Å²) >= 11 is 0. The molecule has 0 amide bonds. The number of fused-ring (bicyclic) bond motifs is 1. The lowest BCUT2D eigenvalue weighted by atomic mass is 9.88. The van der Waals surface area contributed by atoms with Crippen molar-refractivity contribution in [3.63, 3.8) is 0 Å². The Labute approximate surface area is 170 Å². The second-order valence-electron chi connectivity index (χ2n) is 7.40. The van der Waals surface area contributed by atoms with Crippen LogP contribution in [0.4, 0.5) is 11.4 Å². The second kappa shape index (κ2) is 7.80. The van der Waals surface area contributed by atoms with Gasteiger partial charge in [-0.25, -0.2) is 0 Å². The van der Waals surface area contributed by atoms with Crippen LogP contribution >= 0.6 is 0 Å². The standard InChI is InChI=1S/C23H23N5O/c1-15-8-18(12-25)21(27-19-13-26-28(2)14-19)10-23(15)29-22-5-3-4-17-9-16(11-24)6-7-20(17)22/h6-10,12-14,22,25,27H,3-5H2,1-2H3/t22-/m1/s1. The number of aromatic nitrogens is 2. The lowest BCUT2D eigenvalue weighted by Gasteiger charge is -2.27. The first-order valence-electron chi connectivity index (χ1n) is 9.67. The van der Waals surface area contributed by atoms with E-state index in [2.05, 4.69) is 16.5 Å². The van der Waals surface area contributed by atoms with E-state index in [-0.39, 0.29) is 6.10 Å². The Balaban J connectivity index is 1.65. The lowest BCUT2D eigenvalue weighted by molar-refractivity contribution is 0.182. The number of nitrogens with zero attached hydrogens (tertiary/aromatic N) is 3. The Morgan fingerprint density at radius 3 is 2.93 bits per heavy atom. The van der Waals surface area contributed by atoms with Crippen LogP contribution in [0.15, 0.2) is 42.7 Å². The molecule has 3 aromatic rings. The molecule has 1 aliphatic rings. The van der Waals surface area contributed by atoms with E-state index in [0.717, 1.165) is 53.1 Å². The van der Waals surface area contributed by atoms with Gasteiger partial charge in [-0.15, -0.1) is 0 Å². The van der Waals surface area contributed by atoms with Gasteiger partial charge in [0.05, 0.1) is 29.2 Å². The Morgan fingerprint density at radius 1 is 1.34 bits per heavy atom. The Hall–Kier alpha value is -3.59. The van der Waals surface area contributed by atoms with Crippen LogP contribution in [0.1, 0.15) is 46.8 Å². The second-order valence-corrected chi connectivity index (χ2v) is 7.40. The number of rotatable bonds is 5. The van der Waals surface area contributed by atoms with Crippen molar-refractivity contribution in [1.82, 2.24) is 9.78 Å². The molecule has 0 saturated carbocycles. The van der Waals surface area contributed by atoms with Crippen LogP contribution in [0, 0.1) is 23.7 Å². The maximum Gasteiger partial charge on any atom is 0.125 e. The summed E-state index contributed by atoms with van der Waals surface area (Å²) in [5.74, 6) is 0.796. The molecule has 29 heavy (non-hydrogen) atoms. The maximum atomic E-state index is 9.17. The van der Waals surface area contributed by atoms with E-state index < -0.39 is 0 Å². The van der Waals surface area contributed by atoms with E-state index in [0.29, 0.717) is 5.56 Å². The van der Waals surface area contributed by atoms with Crippen LogP contribution in [-0.2, 0) is 13.5 Å². The Bertz CT molecular complexity index is 1110. The van der Waals surface area contributed by atoms with Gasteiger partial charge >= 0.3 is 0 Å². The summed E-state index contributed by atoms with van der Waals surface area (Å²) in [5, 5.41) is 24.4. The zero-order valence-corrected chi connectivity index (χ0v) is 16.6. The van der Waals surface area contributed by atoms with E-state index in [1.54, 1.807) is 10.9 Å². The SMILES string of the molecule is Cc1cc(C=N)c(Nc2cnn(C)c2)cc1O[C@@H]1CCCc2cc(C#N)ccc21. The number of hydrogen-bond acceptors (Lipinski definition) is 5. The fourth-order valence-corrected chi connectivity index (χ4v) is 3.82. The number of nitriles is 1. The fourth-order valence-electron chi connectivity index (χ4n) is 3.82. The van der Waals surface area contributed by atoms with Gasteiger partial charge in [0.2, 0.25) is 0 Å². The van der Waals surface area contributed by atoms with Crippen LogP contribution in [-0.4, -0.2) is 16.0 Å². The predicted molar refractivity (Wildman–Crippen MR) is 113 cm³/mol. The predicted octanol–water partition coefficient (Wildman–Crippen LogP) is 4.80. The highest BCUT2D eigenvalue weighted by molar-refractivity contribution is 5.88. The van der Waals surface area contributed by atoms with Crippen molar-refractivity contribution in [1.29, 1.82) is 10.7 Å². The van der Waals surface area contributed by atoms with Crippen molar-refractivity contribution in [3.8, 4) is 11.8 Å². The molecule has 4 rings (SSSR count). The van der Waals surface area contributed by atoms with Gasteiger partial charge in [-0.2, -0.15) is 10.4 Å². The van der Waals surface area contributed by atoms with Gasteiger partial charge in [0.1, 0.15) is 11.9 Å². The first-order chi connectivity index (χ1) is 14.1. The Morgan fingerprint density at radius 2 is 2.21 bits per heavy atom. The number of nitrogens with one attached hydrogen (secondary N) is 2. The summed E-state index contributed by atoms with van der Waals surface area (Å²) in [4.78, 5) is 0. The van der Waals surface area contributed by atoms with Gasteiger partial charge in [-0.1, -0.05) is 6.07 Å². The zero-order valence-electron chi connectivity index (χ0n) is 16.6. The summed E-state index contributed by atoms with van der Waals surface area (Å²) in [6, 6.07) is 12.0. The molecule has 0 spiro atoms. The number of benzene rings is 2. The Kier molecular flexibility index (Phi) is 5.05. The van der Waals surface area contributed by atoms with Crippen LogP contribution in [0.2, 0.25) is 0 Å². The van der Waals surface area contributed by atoms with Crippen LogP contribution < -0.4 is 10.1 Å². The highest BCUT2D eigenvalue weighted by Gasteiger charge is 2.23. The van der Waals surface area contributed by atoms with Gasteiger partial charge in [-0.05, 0) is 61.1 Å². The van der Waals surface area contributed by atoms with Gasteiger partial charge in [0.25, 0.3) is 0 Å². The minimum Gasteiger partial charge on any atom is -0.485 e. The summed E-state index contributed by atoms with van der Waals surface area (Å²) in [7, 11) is 1.87. The monoisotopic (exact) mass is 385 g/mol. The fraction of sp³-hybridized carbons (Fsp3) is 0.261. The van der Waals surface area contributed by atoms with Crippen molar-refractivity contribution in [2.45, 2.75) is 32.3 Å². The molecule has 1 aromatic heterocycles. The first-order valence-corrected chi connectivity index (χ1v) is 9.67. The van der Waals surface area contributed by atoms with Crippen LogP contribution in [0.3, 0.4) is 0 Å². The molecule has 1 atom stereocenters. The molecule has 2 N–H and O–H groups in total. The molecule has 0 fully saturated rings. The van der Waals surface area contributed by atoms with E-state index >= 15 is 0 Å². The average molecular weight is 385 g/mol. The third kappa shape index (κ3) is 3.85. The number of anilines is 2. The van der Waals surface area contributed by atoms with Gasteiger partial charge in [-0.3, -0.25) is 4.68 Å². The quantitative estimate of drug-likeness (QED) is 0.618. The smallest absolute Gasteiger partial charge is 0.125 e. The number of aryl methyl sites for hydroxylation is 3. The van der Waals surface area contributed by atoms with Crippen molar-refractivity contribution in [2.24, 2.45) is 7.05 Å². The van der Waals surface area contributed by atoms with Crippen molar-refractivity contribution in [3.05, 3.63) is 70.5 Å². The molecule has 6 heteroatoms. The molecule has 6 nitrogen and oxygen atoms in total. The van der Waals surface area contributed by atoms with Gasteiger partial charge in [0, 0.05) is 31.1 Å². The normalized spacial score (nSPS) is 15.3. The number of ether oxygens (including phenoxy) is 1. The van der Waals surface area contributed by atoms with Crippen LogP contribution in [0.5, 0.6) is 5.75 Å². The zero-order chi connectivity index (χ0) is 20.4. The average Bonchev–Trinajstić information content (AvgIpc) is 3.14. The molecule has 1 heterocycles. The van der Waals surface area contributed by atoms with Gasteiger partial charge < -0.3 is 15.5 Å².